The lowest BCUT2D eigenvalue weighted by atomic mass is 9.95. The molecule has 0 saturated carbocycles. The Kier molecular flexibility index (Phi) is 5.35. The van der Waals surface area contributed by atoms with Crippen molar-refractivity contribution in [3.8, 4) is 0 Å². The molecule has 1 atom stereocenters. The average molecular weight is 277 g/mol. The number of carbonyl (C=O) groups excluding carboxylic acids is 1. The molecule has 1 saturated heterocycles. The van der Waals surface area contributed by atoms with Gasteiger partial charge in [-0.05, 0) is 44.2 Å². The zero-order valence-electron chi connectivity index (χ0n) is 12.0. The molecule has 0 aromatic carbocycles. The second kappa shape index (κ2) is 7.24. The minimum Gasteiger partial charge on any atom is -0.396 e. The standard InChI is InChI=1S/C15H23N3O2/c1-2-16-13-5-6-14(17-10-13)15(20)18-8-3-4-12(11-18)7-9-19/h5-6,10,12,16,19H,2-4,7-9,11H2,1H3. The predicted molar refractivity (Wildman–Crippen MR) is 78.7 cm³/mol. The quantitative estimate of drug-likeness (QED) is 0.860. The normalized spacial score (nSPS) is 18.9. The van der Waals surface area contributed by atoms with Crippen molar-refractivity contribution in [1.29, 1.82) is 0 Å². The van der Waals surface area contributed by atoms with E-state index in [1.807, 2.05) is 17.9 Å². The molecule has 0 bridgehead atoms. The monoisotopic (exact) mass is 277 g/mol. The van der Waals surface area contributed by atoms with Crippen LogP contribution in [0, 0.1) is 5.92 Å². The van der Waals surface area contributed by atoms with E-state index >= 15 is 0 Å². The summed E-state index contributed by atoms with van der Waals surface area (Å²) in [4.78, 5) is 18.5. The zero-order chi connectivity index (χ0) is 14.4. The molecule has 1 aromatic heterocycles. The van der Waals surface area contributed by atoms with Crippen molar-refractivity contribution in [3.05, 3.63) is 24.0 Å². The summed E-state index contributed by atoms with van der Waals surface area (Å²) in [5, 5.41) is 12.2. The van der Waals surface area contributed by atoms with Crippen molar-refractivity contribution in [2.45, 2.75) is 26.2 Å². The van der Waals surface area contributed by atoms with E-state index in [1.54, 1.807) is 12.3 Å². The van der Waals surface area contributed by atoms with Crippen LogP contribution in [-0.4, -0.2) is 47.1 Å². The molecule has 0 spiro atoms. The maximum atomic E-state index is 12.4. The van der Waals surface area contributed by atoms with Crippen LogP contribution in [0.4, 0.5) is 5.69 Å². The van der Waals surface area contributed by atoms with Crippen molar-refractivity contribution in [3.63, 3.8) is 0 Å². The molecular formula is C15H23N3O2. The summed E-state index contributed by atoms with van der Waals surface area (Å²) in [5.41, 5.74) is 1.43. The van der Waals surface area contributed by atoms with Gasteiger partial charge < -0.3 is 15.3 Å². The molecule has 1 unspecified atom stereocenters. The third-order valence-corrected chi connectivity index (χ3v) is 3.71. The van der Waals surface area contributed by atoms with E-state index in [2.05, 4.69) is 10.3 Å². The third-order valence-electron chi connectivity index (χ3n) is 3.71. The van der Waals surface area contributed by atoms with Crippen molar-refractivity contribution < 1.29 is 9.90 Å². The minimum absolute atomic E-state index is 0.00399. The molecule has 0 aliphatic carbocycles. The Morgan fingerprint density at radius 3 is 3.05 bits per heavy atom. The number of aliphatic hydroxyl groups is 1. The van der Waals surface area contributed by atoms with E-state index in [-0.39, 0.29) is 12.5 Å². The van der Waals surface area contributed by atoms with E-state index in [0.29, 0.717) is 11.6 Å². The van der Waals surface area contributed by atoms with Gasteiger partial charge in [-0.1, -0.05) is 0 Å². The van der Waals surface area contributed by atoms with E-state index in [4.69, 9.17) is 5.11 Å². The lowest BCUT2D eigenvalue weighted by Crippen LogP contribution is -2.40. The number of hydrogen-bond acceptors (Lipinski definition) is 4. The second-order valence-corrected chi connectivity index (χ2v) is 5.23. The molecule has 2 N–H and O–H groups in total. The first kappa shape index (κ1) is 14.8. The van der Waals surface area contributed by atoms with Crippen LogP contribution < -0.4 is 5.32 Å². The highest BCUT2D eigenvalue weighted by molar-refractivity contribution is 5.92. The number of piperidine rings is 1. The number of pyridine rings is 1. The van der Waals surface area contributed by atoms with Gasteiger partial charge in [0.25, 0.3) is 5.91 Å². The first-order chi connectivity index (χ1) is 9.74. The number of rotatable bonds is 5. The minimum atomic E-state index is -0.00399. The van der Waals surface area contributed by atoms with Crippen molar-refractivity contribution in [2.75, 3.05) is 31.6 Å². The Labute approximate surface area is 120 Å². The Balaban J connectivity index is 1.99. The summed E-state index contributed by atoms with van der Waals surface area (Å²) in [6, 6.07) is 3.66. The maximum absolute atomic E-state index is 12.4. The molecule has 0 radical (unpaired) electrons. The Morgan fingerprint density at radius 2 is 2.40 bits per heavy atom. The van der Waals surface area contributed by atoms with E-state index in [9.17, 15) is 4.79 Å². The van der Waals surface area contributed by atoms with Crippen LogP contribution in [0.15, 0.2) is 18.3 Å². The third kappa shape index (κ3) is 3.70. The van der Waals surface area contributed by atoms with Gasteiger partial charge in [0.05, 0.1) is 11.9 Å². The number of nitrogens with one attached hydrogen (secondary N) is 1. The predicted octanol–water partition coefficient (Wildman–Crippen LogP) is 1.75. The molecule has 20 heavy (non-hydrogen) atoms. The highest BCUT2D eigenvalue weighted by Crippen LogP contribution is 2.20. The molecule has 5 heteroatoms. The lowest BCUT2D eigenvalue weighted by Gasteiger charge is -2.32. The topological polar surface area (TPSA) is 65.5 Å². The molecule has 110 valence electrons. The van der Waals surface area contributed by atoms with E-state index < -0.39 is 0 Å². The maximum Gasteiger partial charge on any atom is 0.272 e. The summed E-state index contributed by atoms with van der Waals surface area (Å²) in [5.74, 6) is 0.411. The van der Waals surface area contributed by atoms with Crippen LogP contribution in [0.3, 0.4) is 0 Å². The van der Waals surface area contributed by atoms with Crippen LogP contribution in [0.1, 0.15) is 36.7 Å². The van der Waals surface area contributed by atoms with E-state index in [1.165, 1.54) is 0 Å². The largest absolute Gasteiger partial charge is 0.396 e. The highest BCUT2D eigenvalue weighted by Gasteiger charge is 2.24. The van der Waals surface area contributed by atoms with E-state index in [0.717, 1.165) is 44.6 Å². The van der Waals surface area contributed by atoms with Gasteiger partial charge in [0, 0.05) is 26.2 Å². The highest BCUT2D eigenvalue weighted by atomic mass is 16.3. The van der Waals surface area contributed by atoms with Gasteiger partial charge in [0.2, 0.25) is 0 Å². The molecule has 1 aromatic rings. The van der Waals surface area contributed by atoms with Crippen molar-refractivity contribution in [2.24, 2.45) is 5.92 Å². The summed E-state index contributed by atoms with van der Waals surface area (Å²) in [6.45, 7) is 4.58. The van der Waals surface area contributed by atoms with Crippen LogP contribution in [0.25, 0.3) is 0 Å². The molecular weight excluding hydrogens is 254 g/mol. The van der Waals surface area contributed by atoms with Crippen LogP contribution in [0.5, 0.6) is 0 Å². The number of aliphatic hydroxyl groups excluding tert-OH is 1. The fraction of sp³-hybridized carbons (Fsp3) is 0.600. The fourth-order valence-electron chi connectivity index (χ4n) is 2.66. The number of aromatic nitrogens is 1. The number of nitrogens with zero attached hydrogens (tertiary/aromatic N) is 2. The summed E-state index contributed by atoms with van der Waals surface area (Å²) in [7, 11) is 0. The Hall–Kier alpha value is -1.62. The van der Waals surface area contributed by atoms with Crippen LogP contribution in [0.2, 0.25) is 0 Å². The van der Waals surface area contributed by atoms with Crippen LogP contribution in [-0.2, 0) is 0 Å². The van der Waals surface area contributed by atoms with Crippen molar-refractivity contribution >= 4 is 11.6 Å². The number of likely N-dealkylation sites (tertiary alicyclic amines) is 1. The number of hydrogen-bond donors (Lipinski definition) is 2. The molecule has 1 fully saturated rings. The molecule has 2 rings (SSSR count). The summed E-state index contributed by atoms with van der Waals surface area (Å²) < 4.78 is 0. The van der Waals surface area contributed by atoms with Gasteiger partial charge in [-0.15, -0.1) is 0 Å². The Morgan fingerprint density at radius 1 is 1.55 bits per heavy atom. The Bertz CT molecular complexity index is 431. The van der Waals surface area contributed by atoms with Crippen molar-refractivity contribution in [1.82, 2.24) is 9.88 Å². The van der Waals surface area contributed by atoms with Gasteiger partial charge in [-0.2, -0.15) is 0 Å². The molecule has 1 aliphatic rings. The summed E-state index contributed by atoms with van der Waals surface area (Å²) in [6.07, 6.45) is 4.57. The van der Waals surface area contributed by atoms with Gasteiger partial charge in [-0.3, -0.25) is 4.79 Å². The first-order valence-corrected chi connectivity index (χ1v) is 7.34. The molecule has 5 nitrogen and oxygen atoms in total. The van der Waals surface area contributed by atoms with Crippen LogP contribution >= 0.6 is 0 Å². The average Bonchev–Trinajstić information content (AvgIpc) is 2.48. The SMILES string of the molecule is CCNc1ccc(C(=O)N2CCCC(CCO)C2)nc1. The number of amides is 1. The number of carbonyl (C=O) groups is 1. The number of anilines is 1. The van der Waals surface area contributed by atoms with Gasteiger partial charge >= 0.3 is 0 Å². The smallest absolute Gasteiger partial charge is 0.272 e. The molecule has 2 heterocycles. The second-order valence-electron chi connectivity index (χ2n) is 5.23. The summed E-state index contributed by atoms with van der Waals surface area (Å²) >= 11 is 0. The van der Waals surface area contributed by atoms with Gasteiger partial charge in [-0.25, -0.2) is 4.98 Å². The molecule has 1 amide bonds. The fourth-order valence-corrected chi connectivity index (χ4v) is 2.66. The lowest BCUT2D eigenvalue weighted by molar-refractivity contribution is 0.0648. The molecule has 1 aliphatic heterocycles. The first-order valence-electron chi connectivity index (χ1n) is 7.34. The zero-order valence-corrected chi connectivity index (χ0v) is 12.0. The van der Waals surface area contributed by atoms with Gasteiger partial charge in [0.15, 0.2) is 0 Å². The van der Waals surface area contributed by atoms with Gasteiger partial charge in [0.1, 0.15) is 5.69 Å².